The van der Waals surface area contributed by atoms with Gasteiger partial charge in [0.15, 0.2) is 17.3 Å². The summed E-state index contributed by atoms with van der Waals surface area (Å²) < 4.78 is 0. The molecule has 0 radical (unpaired) electrons. The lowest BCUT2D eigenvalue weighted by atomic mass is 10.1. The van der Waals surface area contributed by atoms with Crippen molar-refractivity contribution in [3.63, 3.8) is 0 Å². The normalized spacial score (nSPS) is 23.4. The molecule has 0 aromatic carbocycles. The minimum absolute atomic E-state index is 0. The number of carbonyl (C=O) groups excluding carboxylic acids is 3. The predicted octanol–water partition coefficient (Wildman–Crippen LogP) is 0.911. The molecule has 17 heavy (non-hydrogen) atoms. The van der Waals surface area contributed by atoms with E-state index >= 15 is 0 Å². The van der Waals surface area contributed by atoms with Crippen molar-refractivity contribution in [1.29, 1.82) is 0 Å². The number of hydrogen-bond acceptors (Lipinski definition) is 4. The van der Waals surface area contributed by atoms with Crippen molar-refractivity contribution >= 4 is 17.3 Å². The van der Waals surface area contributed by atoms with E-state index in [0.717, 1.165) is 18.4 Å². The molecule has 2 aliphatic rings. The Balaban J connectivity index is 0.000000284. The summed E-state index contributed by atoms with van der Waals surface area (Å²) in [5, 5.41) is 8.80. The highest BCUT2D eigenvalue weighted by atomic mass is 16.3. The smallest absolute Gasteiger partial charge is 0.201 e. The van der Waals surface area contributed by atoms with Crippen molar-refractivity contribution in [2.75, 3.05) is 0 Å². The van der Waals surface area contributed by atoms with Gasteiger partial charge in [-0.05, 0) is 25.3 Å². The molecule has 0 heterocycles. The summed E-state index contributed by atoms with van der Waals surface area (Å²) >= 11 is 0. The van der Waals surface area contributed by atoms with Crippen LogP contribution in [0.15, 0.2) is 11.3 Å². The molecule has 0 aromatic rings. The van der Waals surface area contributed by atoms with Crippen LogP contribution in [0.4, 0.5) is 0 Å². The Hall–Kier alpha value is -1.49. The lowest BCUT2D eigenvalue weighted by molar-refractivity contribution is -0.135. The first-order valence-corrected chi connectivity index (χ1v) is 5.42. The summed E-state index contributed by atoms with van der Waals surface area (Å²) in [7, 11) is 0. The summed E-state index contributed by atoms with van der Waals surface area (Å²) in [4.78, 5) is 31.5. The number of Topliss-reactive ketones (excluding diaryl/α,β-unsaturated/α-hetero) is 3. The Labute approximate surface area is 99.8 Å². The summed E-state index contributed by atoms with van der Waals surface area (Å²) in [6.07, 6.45) is 2.47. The highest BCUT2D eigenvalue weighted by Crippen LogP contribution is 2.19. The standard InChI is InChI=1S/2C6H8O2.H2O/c2*1-4-2-3-5(7)6(4)8;/h8H,2-3H2,1H3;4H,2-3H2,1H3;1H2. The molecule has 5 heteroatoms. The van der Waals surface area contributed by atoms with E-state index in [0.29, 0.717) is 12.8 Å². The average Bonchev–Trinajstić information content (AvgIpc) is 2.70. The number of rotatable bonds is 0. The molecule has 3 N–H and O–H groups in total. The van der Waals surface area contributed by atoms with Crippen LogP contribution in [0.25, 0.3) is 0 Å². The minimum Gasteiger partial charge on any atom is -0.504 e. The van der Waals surface area contributed by atoms with Gasteiger partial charge in [-0.2, -0.15) is 0 Å². The lowest BCUT2D eigenvalue weighted by Gasteiger charge is -1.89. The number of ketones is 3. The van der Waals surface area contributed by atoms with Crippen LogP contribution in [0, 0.1) is 5.92 Å². The van der Waals surface area contributed by atoms with E-state index in [1.54, 1.807) is 13.8 Å². The quantitative estimate of drug-likeness (QED) is 0.637. The zero-order chi connectivity index (χ0) is 12.3. The number of allylic oxidation sites excluding steroid dienone is 2. The second-order valence-corrected chi connectivity index (χ2v) is 4.28. The third-order valence-electron chi connectivity index (χ3n) is 2.92. The summed E-state index contributed by atoms with van der Waals surface area (Å²) in [6.45, 7) is 3.58. The fraction of sp³-hybridized carbons (Fsp3) is 0.583. The SMILES string of the molecule is CC1=C(O)C(=O)CC1.CC1CCC(=O)C1=O.O. The van der Waals surface area contributed by atoms with Crippen LogP contribution in [-0.2, 0) is 14.4 Å². The van der Waals surface area contributed by atoms with E-state index in [-0.39, 0.29) is 34.5 Å². The van der Waals surface area contributed by atoms with Crippen molar-refractivity contribution in [1.82, 2.24) is 0 Å². The molecule has 0 bridgehead atoms. The van der Waals surface area contributed by atoms with Crippen molar-refractivity contribution in [3.8, 4) is 0 Å². The van der Waals surface area contributed by atoms with Gasteiger partial charge in [-0.1, -0.05) is 6.92 Å². The molecule has 5 nitrogen and oxygen atoms in total. The fourth-order valence-electron chi connectivity index (χ4n) is 1.65. The third kappa shape index (κ3) is 3.78. The molecule has 1 unspecified atom stereocenters. The van der Waals surface area contributed by atoms with Crippen LogP contribution >= 0.6 is 0 Å². The highest BCUT2D eigenvalue weighted by molar-refractivity contribution is 6.39. The number of hydrogen-bond donors (Lipinski definition) is 1. The topological polar surface area (TPSA) is 103 Å². The minimum atomic E-state index is -0.183. The fourth-order valence-corrected chi connectivity index (χ4v) is 1.65. The first-order valence-electron chi connectivity index (χ1n) is 5.42. The zero-order valence-electron chi connectivity index (χ0n) is 10.1. The second kappa shape index (κ2) is 6.30. The summed E-state index contributed by atoms with van der Waals surface area (Å²) in [6, 6.07) is 0. The van der Waals surface area contributed by atoms with Gasteiger partial charge in [-0.25, -0.2) is 0 Å². The van der Waals surface area contributed by atoms with Gasteiger partial charge in [0, 0.05) is 18.8 Å². The molecule has 0 aromatic heterocycles. The van der Waals surface area contributed by atoms with E-state index in [2.05, 4.69) is 0 Å². The van der Waals surface area contributed by atoms with Gasteiger partial charge >= 0.3 is 0 Å². The Morgan fingerprint density at radius 2 is 1.65 bits per heavy atom. The van der Waals surface area contributed by atoms with Gasteiger partial charge < -0.3 is 10.6 Å². The molecule has 1 fully saturated rings. The molecule has 2 rings (SSSR count). The van der Waals surface area contributed by atoms with Crippen LogP contribution < -0.4 is 0 Å². The maximum absolute atomic E-state index is 10.6. The van der Waals surface area contributed by atoms with Crippen molar-refractivity contribution in [3.05, 3.63) is 11.3 Å². The van der Waals surface area contributed by atoms with Gasteiger partial charge in [-0.3, -0.25) is 14.4 Å². The van der Waals surface area contributed by atoms with Gasteiger partial charge in [0.2, 0.25) is 5.78 Å². The van der Waals surface area contributed by atoms with E-state index in [1.165, 1.54) is 0 Å². The van der Waals surface area contributed by atoms with E-state index in [9.17, 15) is 14.4 Å². The van der Waals surface area contributed by atoms with Gasteiger partial charge in [0.1, 0.15) is 0 Å². The predicted molar refractivity (Wildman–Crippen MR) is 61.6 cm³/mol. The Morgan fingerprint density at radius 1 is 1.06 bits per heavy atom. The first kappa shape index (κ1) is 15.5. The van der Waals surface area contributed by atoms with E-state index < -0.39 is 0 Å². The molecule has 2 aliphatic carbocycles. The van der Waals surface area contributed by atoms with Crippen LogP contribution in [0.3, 0.4) is 0 Å². The first-order chi connectivity index (χ1) is 7.43. The van der Waals surface area contributed by atoms with Gasteiger partial charge in [0.25, 0.3) is 0 Å². The maximum Gasteiger partial charge on any atom is 0.201 e. The van der Waals surface area contributed by atoms with E-state index in [1.807, 2.05) is 0 Å². The Bertz CT molecular complexity index is 367. The largest absolute Gasteiger partial charge is 0.504 e. The molecule has 0 amide bonds. The van der Waals surface area contributed by atoms with Gasteiger partial charge in [0.05, 0.1) is 0 Å². The Morgan fingerprint density at radius 3 is 1.76 bits per heavy atom. The average molecular weight is 242 g/mol. The summed E-state index contributed by atoms with van der Waals surface area (Å²) in [5.41, 5.74) is 0.829. The van der Waals surface area contributed by atoms with E-state index in [4.69, 9.17) is 5.11 Å². The summed E-state index contributed by atoms with van der Waals surface area (Å²) in [5.74, 6) is -0.475. The Kier molecular flexibility index (Phi) is 5.74. The lowest BCUT2D eigenvalue weighted by Crippen LogP contribution is -2.09. The molecule has 96 valence electrons. The zero-order valence-corrected chi connectivity index (χ0v) is 10.1. The number of carbonyl (C=O) groups is 3. The number of aliphatic hydroxyl groups excluding tert-OH is 1. The number of aliphatic hydroxyl groups is 1. The monoisotopic (exact) mass is 242 g/mol. The van der Waals surface area contributed by atoms with Crippen molar-refractivity contribution in [2.24, 2.45) is 5.92 Å². The third-order valence-corrected chi connectivity index (χ3v) is 2.92. The van der Waals surface area contributed by atoms with Crippen LogP contribution in [-0.4, -0.2) is 27.9 Å². The van der Waals surface area contributed by atoms with Crippen LogP contribution in [0.1, 0.15) is 39.5 Å². The van der Waals surface area contributed by atoms with Crippen LogP contribution in [0.5, 0.6) is 0 Å². The molecule has 1 saturated carbocycles. The molecular formula is C12H18O5. The van der Waals surface area contributed by atoms with Crippen LogP contribution in [0.2, 0.25) is 0 Å². The molecule has 0 saturated heterocycles. The maximum atomic E-state index is 10.6. The highest BCUT2D eigenvalue weighted by Gasteiger charge is 2.27. The molecular weight excluding hydrogens is 224 g/mol. The molecule has 1 atom stereocenters. The molecule has 0 aliphatic heterocycles. The van der Waals surface area contributed by atoms with Crippen molar-refractivity contribution in [2.45, 2.75) is 39.5 Å². The van der Waals surface area contributed by atoms with Crippen molar-refractivity contribution < 1.29 is 25.0 Å². The van der Waals surface area contributed by atoms with Gasteiger partial charge in [-0.15, -0.1) is 0 Å². The molecule has 0 spiro atoms. The second-order valence-electron chi connectivity index (χ2n) is 4.28.